The zero-order valence-corrected chi connectivity index (χ0v) is 11.4. The van der Waals surface area contributed by atoms with E-state index in [9.17, 15) is 4.79 Å². The molecule has 0 aliphatic rings. The Morgan fingerprint density at radius 3 is 2.65 bits per heavy atom. The predicted molar refractivity (Wildman–Crippen MR) is 72.4 cm³/mol. The van der Waals surface area contributed by atoms with Gasteiger partial charge in [-0.3, -0.25) is 4.79 Å². The normalized spacial score (nSPS) is 10.8. The lowest BCUT2D eigenvalue weighted by atomic mass is 10.2. The summed E-state index contributed by atoms with van der Waals surface area (Å²) in [6.07, 6.45) is 2.94. The van der Waals surface area contributed by atoms with Crippen LogP contribution >= 0.6 is 34.8 Å². The van der Waals surface area contributed by atoms with Crippen molar-refractivity contribution in [2.24, 2.45) is 0 Å². The number of benzene rings is 1. The molecule has 0 radical (unpaired) electrons. The molecule has 0 amide bonds. The van der Waals surface area contributed by atoms with E-state index in [1.807, 2.05) is 6.92 Å². The van der Waals surface area contributed by atoms with Crippen molar-refractivity contribution < 1.29 is 9.53 Å². The molecule has 92 valence electrons. The zero-order chi connectivity index (χ0) is 12.8. The van der Waals surface area contributed by atoms with Crippen LogP contribution in [-0.2, 0) is 4.79 Å². The van der Waals surface area contributed by atoms with Gasteiger partial charge in [-0.1, -0.05) is 23.2 Å². The van der Waals surface area contributed by atoms with Crippen LogP contribution in [0.5, 0.6) is 5.75 Å². The van der Waals surface area contributed by atoms with Crippen LogP contribution in [0.3, 0.4) is 0 Å². The molecule has 0 saturated carbocycles. The van der Waals surface area contributed by atoms with Gasteiger partial charge in [-0.15, -0.1) is 11.6 Å². The van der Waals surface area contributed by atoms with E-state index in [1.54, 1.807) is 18.2 Å². The van der Waals surface area contributed by atoms with Crippen LogP contribution in [0.4, 0.5) is 0 Å². The smallest absolute Gasteiger partial charge is 0.170 e. The highest BCUT2D eigenvalue weighted by molar-refractivity contribution is 6.35. The van der Waals surface area contributed by atoms with Crippen LogP contribution in [0.15, 0.2) is 18.2 Å². The topological polar surface area (TPSA) is 26.3 Å². The van der Waals surface area contributed by atoms with Crippen LogP contribution in [0, 0.1) is 0 Å². The molecule has 0 aliphatic heterocycles. The number of hydrogen-bond acceptors (Lipinski definition) is 2. The number of halogens is 3. The average molecular weight is 294 g/mol. The molecule has 0 unspecified atom stereocenters. The van der Waals surface area contributed by atoms with Crippen molar-refractivity contribution >= 4 is 46.7 Å². The molecule has 1 rings (SSSR count). The summed E-state index contributed by atoms with van der Waals surface area (Å²) in [4.78, 5) is 11.0. The van der Waals surface area contributed by atoms with Crippen molar-refractivity contribution in [1.82, 2.24) is 0 Å². The Balaban J connectivity index is 2.99. The van der Waals surface area contributed by atoms with Gasteiger partial charge in [0.1, 0.15) is 5.75 Å². The molecular formula is C12H11Cl3O2. The highest BCUT2D eigenvalue weighted by Gasteiger charge is 2.06. The van der Waals surface area contributed by atoms with Crippen molar-refractivity contribution in [3.8, 4) is 5.75 Å². The van der Waals surface area contributed by atoms with Gasteiger partial charge in [-0.25, -0.2) is 0 Å². The summed E-state index contributed by atoms with van der Waals surface area (Å²) in [6.45, 7) is 2.37. The van der Waals surface area contributed by atoms with Crippen molar-refractivity contribution in [2.75, 3.05) is 12.5 Å². The highest BCUT2D eigenvalue weighted by Crippen LogP contribution is 2.31. The molecule has 2 nitrogen and oxygen atoms in total. The van der Waals surface area contributed by atoms with Crippen molar-refractivity contribution in [3.63, 3.8) is 0 Å². The Bertz CT molecular complexity index is 442. The third kappa shape index (κ3) is 4.23. The number of allylic oxidation sites excluding steroid dienone is 1. The molecule has 0 saturated heterocycles. The first-order chi connectivity index (χ1) is 8.08. The van der Waals surface area contributed by atoms with Gasteiger partial charge in [0, 0.05) is 6.07 Å². The summed E-state index contributed by atoms with van der Waals surface area (Å²) in [5, 5.41) is 0.922. The summed E-state index contributed by atoms with van der Waals surface area (Å²) in [5.74, 6) is 0.284. The Hall–Kier alpha value is -0.700. The quantitative estimate of drug-likeness (QED) is 0.600. The number of carbonyl (C=O) groups excluding carboxylic acids is 1. The van der Waals surface area contributed by atoms with E-state index in [0.717, 1.165) is 0 Å². The van der Waals surface area contributed by atoms with Crippen LogP contribution in [0.25, 0.3) is 6.08 Å². The molecule has 5 heteroatoms. The second kappa shape index (κ2) is 6.90. The number of carbonyl (C=O) groups is 1. The van der Waals surface area contributed by atoms with Gasteiger partial charge in [0.05, 0.1) is 22.5 Å². The fourth-order valence-corrected chi connectivity index (χ4v) is 1.70. The maximum absolute atomic E-state index is 11.0. The van der Waals surface area contributed by atoms with Crippen LogP contribution in [0.1, 0.15) is 12.5 Å². The molecule has 0 spiro atoms. The monoisotopic (exact) mass is 292 g/mol. The maximum Gasteiger partial charge on any atom is 0.170 e. The van der Waals surface area contributed by atoms with Gasteiger partial charge in [0.2, 0.25) is 0 Å². The lowest BCUT2D eigenvalue weighted by molar-refractivity contribution is -0.112. The molecule has 0 atom stereocenters. The largest absolute Gasteiger partial charge is 0.492 e. The minimum absolute atomic E-state index is 0.0567. The lowest BCUT2D eigenvalue weighted by Gasteiger charge is -2.07. The van der Waals surface area contributed by atoms with E-state index in [1.165, 1.54) is 6.08 Å². The fourth-order valence-electron chi connectivity index (χ4n) is 1.17. The standard InChI is InChI=1S/C12H11Cl3O2/c1-2-17-12-6-10(14)8(5-11(12)15)3-4-9(16)7-13/h3-6H,2,7H2,1H3/b4-3+. The maximum atomic E-state index is 11.0. The molecule has 0 aromatic heterocycles. The minimum atomic E-state index is -0.187. The van der Waals surface area contributed by atoms with Crippen LogP contribution < -0.4 is 4.74 Å². The minimum Gasteiger partial charge on any atom is -0.492 e. The molecule has 1 aromatic rings. The van der Waals surface area contributed by atoms with Gasteiger partial charge in [-0.05, 0) is 30.7 Å². The van der Waals surface area contributed by atoms with E-state index >= 15 is 0 Å². The Labute approximate surface area is 115 Å². The van der Waals surface area contributed by atoms with Crippen LogP contribution in [-0.4, -0.2) is 18.3 Å². The van der Waals surface area contributed by atoms with Crippen molar-refractivity contribution in [3.05, 3.63) is 33.8 Å². The van der Waals surface area contributed by atoms with Crippen molar-refractivity contribution in [1.29, 1.82) is 0 Å². The SMILES string of the molecule is CCOc1cc(Cl)c(/C=C/C(=O)CCl)cc1Cl. The summed E-state index contributed by atoms with van der Waals surface area (Å²) >= 11 is 17.4. The van der Waals surface area contributed by atoms with Crippen LogP contribution in [0.2, 0.25) is 10.0 Å². The predicted octanol–water partition coefficient (Wildman–Crippen LogP) is 4.21. The van der Waals surface area contributed by atoms with E-state index in [0.29, 0.717) is 28.0 Å². The van der Waals surface area contributed by atoms with Gasteiger partial charge in [0.15, 0.2) is 5.78 Å². The van der Waals surface area contributed by atoms with Gasteiger partial charge in [0.25, 0.3) is 0 Å². The first kappa shape index (κ1) is 14.4. The third-order valence-corrected chi connectivity index (χ3v) is 2.82. The number of hydrogen-bond donors (Lipinski definition) is 0. The van der Waals surface area contributed by atoms with E-state index in [-0.39, 0.29) is 11.7 Å². The number of ether oxygens (including phenoxy) is 1. The Kier molecular flexibility index (Phi) is 5.83. The second-order valence-electron chi connectivity index (χ2n) is 3.17. The third-order valence-electron chi connectivity index (χ3n) is 1.93. The zero-order valence-electron chi connectivity index (χ0n) is 9.17. The molecule has 1 aromatic carbocycles. The lowest BCUT2D eigenvalue weighted by Crippen LogP contribution is -1.94. The molecule has 17 heavy (non-hydrogen) atoms. The van der Waals surface area contributed by atoms with E-state index < -0.39 is 0 Å². The van der Waals surface area contributed by atoms with Gasteiger partial charge >= 0.3 is 0 Å². The molecule has 0 aliphatic carbocycles. The van der Waals surface area contributed by atoms with Crippen molar-refractivity contribution in [2.45, 2.75) is 6.92 Å². The summed E-state index contributed by atoms with van der Waals surface area (Å²) in [5.41, 5.74) is 0.651. The molecule has 0 N–H and O–H groups in total. The van der Waals surface area contributed by atoms with E-state index in [4.69, 9.17) is 39.5 Å². The summed E-state index contributed by atoms with van der Waals surface area (Å²) in [6, 6.07) is 3.27. The Morgan fingerprint density at radius 1 is 1.35 bits per heavy atom. The number of alkyl halides is 1. The number of rotatable bonds is 5. The average Bonchev–Trinajstić information content (AvgIpc) is 2.31. The molecule has 0 bridgehead atoms. The van der Waals surface area contributed by atoms with Gasteiger partial charge < -0.3 is 4.74 Å². The molecule has 0 heterocycles. The Morgan fingerprint density at radius 2 is 2.06 bits per heavy atom. The summed E-state index contributed by atoms with van der Waals surface area (Å²) < 4.78 is 5.29. The van der Waals surface area contributed by atoms with E-state index in [2.05, 4.69) is 0 Å². The van der Waals surface area contributed by atoms with Gasteiger partial charge in [-0.2, -0.15) is 0 Å². The molecular weight excluding hydrogens is 282 g/mol. The second-order valence-corrected chi connectivity index (χ2v) is 4.25. The molecule has 0 fully saturated rings. The fraction of sp³-hybridized carbons (Fsp3) is 0.250. The highest BCUT2D eigenvalue weighted by atomic mass is 35.5. The number of ketones is 1. The first-order valence-electron chi connectivity index (χ1n) is 4.97. The summed E-state index contributed by atoms with van der Waals surface area (Å²) in [7, 11) is 0. The first-order valence-corrected chi connectivity index (χ1v) is 6.26.